The summed E-state index contributed by atoms with van der Waals surface area (Å²) in [4.78, 5) is 31.6. The Labute approximate surface area is 119 Å². The van der Waals surface area contributed by atoms with E-state index in [-0.39, 0.29) is 11.3 Å². The zero-order valence-electron chi connectivity index (χ0n) is 11.0. The summed E-state index contributed by atoms with van der Waals surface area (Å²) in [5.74, 6) is -1.82. The quantitative estimate of drug-likeness (QED) is 0.439. The van der Waals surface area contributed by atoms with E-state index < -0.39 is 41.1 Å². The van der Waals surface area contributed by atoms with Gasteiger partial charge < -0.3 is 20.6 Å². The third-order valence-corrected chi connectivity index (χ3v) is 2.62. The van der Waals surface area contributed by atoms with E-state index in [2.05, 4.69) is 5.32 Å². The van der Waals surface area contributed by atoms with E-state index >= 15 is 0 Å². The highest BCUT2D eigenvalue weighted by Crippen LogP contribution is 2.29. The predicted molar refractivity (Wildman–Crippen MR) is 70.6 cm³/mol. The SMILES string of the molecule is CC(=O)Nc1ccc(C(O)C(O)CC(=O)O)cc1[N+](=O)[O-]. The van der Waals surface area contributed by atoms with Gasteiger partial charge >= 0.3 is 5.97 Å². The number of aliphatic hydroxyl groups is 2. The van der Waals surface area contributed by atoms with Gasteiger partial charge in [0.25, 0.3) is 5.69 Å². The number of nitro groups is 1. The summed E-state index contributed by atoms with van der Waals surface area (Å²) in [5, 5.41) is 41.1. The van der Waals surface area contributed by atoms with Crippen molar-refractivity contribution in [2.24, 2.45) is 0 Å². The fourth-order valence-corrected chi connectivity index (χ4v) is 1.69. The van der Waals surface area contributed by atoms with Crippen molar-refractivity contribution in [1.82, 2.24) is 0 Å². The second-order valence-corrected chi connectivity index (χ2v) is 4.32. The number of carbonyl (C=O) groups excluding carboxylic acids is 1. The van der Waals surface area contributed by atoms with Crippen molar-refractivity contribution < 1.29 is 29.8 Å². The van der Waals surface area contributed by atoms with Crippen molar-refractivity contribution in [2.75, 3.05) is 5.32 Å². The summed E-state index contributed by atoms with van der Waals surface area (Å²) in [6.07, 6.45) is -3.90. The topological polar surface area (TPSA) is 150 Å². The molecular formula is C12H14N2O7. The number of carbonyl (C=O) groups is 2. The molecule has 0 spiro atoms. The van der Waals surface area contributed by atoms with E-state index in [0.717, 1.165) is 6.07 Å². The third-order valence-electron chi connectivity index (χ3n) is 2.62. The highest BCUT2D eigenvalue weighted by molar-refractivity contribution is 5.91. The number of aliphatic hydroxyl groups excluding tert-OH is 2. The van der Waals surface area contributed by atoms with Gasteiger partial charge in [-0.2, -0.15) is 0 Å². The lowest BCUT2D eigenvalue weighted by molar-refractivity contribution is -0.384. The van der Waals surface area contributed by atoms with E-state index in [0.29, 0.717) is 0 Å². The Morgan fingerprint density at radius 3 is 2.48 bits per heavy atom. The molecule has 114 valence electrons. The summed E-state index contributed by atoms with van der Waals surface area (Å²) in [5.41, 5.74) is -0.551. The van der Waals surface area contributed by atoms with Crippen molar-refractivity contribution in [3.8, 4) is 0 Å². The Morgan fingerprint density at radius 2 is 2.00 bits per heavy atom. The van der Waals surface area contributed by atoms with Gasteiger partial charge in [-0.1, -0.05) is 6.07 Å². The molecule has 2 atom stereocenters. The third kappa shape index (κ3) is 4.51. The molecule has 4 N–H and O–H groups in total. The summed E-state index contributed by atoms with van der Waals surface area (Å²) >= 11 is 0. The molecule has 0 aliphatic rings. The monoisotopic (exact) mass is 298 g/mol. The van der Waals surface area contributed by atoms with Crippen LogP contribution in [0.15, 0.2) is 18.2 Å². The lowest BCUT2D eigenvalue weighted by Gasteiger charge is -2.17. The summed E-state index contributed by atoms with van der Waals surface area (Å²) in [7, 11) is 0. The lowest BCUT2D eigenvalue weighted by atomic mass is 10.0. The van der Waals surface area contributed by atoms with E-state index in [1.165, 1.54) is 19.1 Å². The second-order valence-electron chi connectivity index (χ2n) is 4.32. The first-order chi connectivity index (χ1) is 9.72. The molecule has 0 saturated heterocycles. The standard InChI is InChI=1S/C12H14N2O7/c1-6(15)13-8-3-2-7(4-9(8)14(20)21)12(19)10(16)5-11(17)18/h2-4,10,12,16,19H,5H2,1H3,(H,13,15)(H,17,18). The molecule has 1 aromatic carbocycles. The molecule has 0 aliphatic carbocycles. The highest BCUT2D eigenvalue weighted by Gasteiger charge is 2.24. The van der Waals surface area contributed by atoms with Crippen LogP contribution in [0.3, 0.4) is 0 Å². The maximum Gasteiger partial charge on any atom is 0.306 e. The number of carboxylic acid groups (broad SMARTS) is 1. The van der Waals surface area contributed by atoms with E-state index in [1.807, 2.05) is 0 Å². The zero-order chi connectivity index (χ0) is 16.2. The van der Waals surface area contributed by atoms with Crippen LogP contribution < -0.4 is 5.32 Å². The molecule has 2 unspecified atom stereocenters. The Kier molecular flexibility index (Phi) is 5.33. The number of nitro benzene ring substituents is 1. The molecule has 0 fully saturated rings. The molecule has 0 aromatic heterocycles. The maximum absolute atomic E-state index is 10.9. The number of nitrogens with zero attached hydrogens (tertiary/aromatic N) is 1. The Morgan fingerprint density at radius 1 is 1.38 bits per heavy atom. The predicted octanol–water partition coefficient (Wildman–Crippen LogP) is 0.422. The number of carboxylic acids is 1. The average molecular weight is 298 g/mol. The molecule has 9 heteroatoms. The van der Waals surface area contributed by atoms with Gasteiger partial charge in [0.1, 0.15) is 11.8 Å². The van der Waals surface area contributed by atoms with E-state index in [9.17, 15) is 29.9 Å². The van der Waals surface area contributed by atoms with Crippen molar-refractivity contribution in [3.63, 3.8) is 0 Å². The van der Waals surface area contributed by atoms with Crippen LogP contribution in [0.4, 0.5) is 11.4 Å². The first kappa shape index (κ1) is 16.5. The van der Waals surface area contributed by atoms with Crippen LogP contribution in [0.2, 0.25) is 0 Å². The van der Waals surface area contributed by atoms with Crippen LogP contribution in [0.25, 0.3) is 0 Å². The Hall–Kier alpha value is -2.52. The van der Waals surface area contributed by atoms with Crippen LogP contribution in [-0.2, 0) is 9.59 Å². The molecule has 1 aromatic rings. The minimum absolute atomic E-state index is 0.0236. The minimum Gasteiger partial charge on any atom is -0.481 e. The van der Waals surface area contributed by atoms with Gasteiger partial charge in [0.05, 0.1) is 17.4 Å². The molecule has 0 heterocycles. The van der Waals surface area contributed by atoms with Crippen molar-refractivity contribution in [3.05, 3.63) is 33.9 Å². The first-order valence-corrected chi connectivity index (χ1v) is 5.86. The average Bonchev–Trinajstić information content (AvgIpc) is 2.36. The van der Waals surface area contributed by atoms with E-state index in [4.69, 9.17) is 5.11 Å². The lowest BCUT2D eigenvalue weighted by Crippen LogP contribution is -2.22. The fourth-order valence-electron chi connectivity index (χ4n) is 1.69. The number of benzene rings is 1. The number of anilines is 1. The van der Waals surface area contributed by atoms with E-state index in [1.54, 1.807) is 0 Å². The molecular weight excluding hydrogens is 284 g/mol. The number of aliphatic carboxylic acids is 1. The van der Waals surface area contributed by atoms with Gasteiger partial charge in [-0.3, -0.25) is 19.7 Å². The minimum atomic E-state index is -1.60. The van der Waals surface area contributed by atoms with Gasteiger partial charge in [0.2, 0.25) is 5.91 Å². The molecule has 0 saturated carbocycles. The number of rotatable bonds is 6. The fraction of sp³-hybridized carbons (Fsp3) is 0.333. The Bertz CT molecular complexity index is 573. The second kappa shape index (κ2) is 6.77. The maximum atomic E-state index is 10.9. The van der Waals surface area contributed by atoms with Gasteiger partial charge in [-0.15, -0.1) is 0 Å². The Balaban J connectivity index is 3.10. The molecule has 21 heavy (non-hydrogen) atoms. The van der Waals surface area contributed by atoms with Crippen LogP contribution >= 0.6 is 0 Å². The van der Waals surface area contributed by atoms with Gasteiger partial charge in [-0.25, -0.2) is 0 Å². The summed E-state index contributed by atoms with van der Waals surface area (Å²) < 4.78 is 0. The highest BCUT2D eigenvalue weighted by atomic mass is 16.6. The van der Waals surface area contributed by atoms with Gasteiger partial charge in [-0.05, 0) is 11.6 Å². The normalized spacial score (nSPS) is 13.3. The van der Waals surface area contributed by atoms with Gasteiger partial charge in [0, 0.05) is 13.0 Å². The smallest absolute Gasteiger partial charge is 0.306 e. The first-order valence-electron chi connectivity index (χ1n) is 5.86. The largest absolute Gasteiger partial charge is 0.481 e. The molecule has 1 amide bonds. The molecule has 0 radical (unpaired) electrons. The van der Waals surface area contributed by atoms with Crippen LogP contribution in [0.1, 0.15) is 25.0 Å². The van der Waals surface area contributed by atoms with Crippen molar-refractivity contribution in [2.45, 2.75) is 25.6 Å². The molecule has 0 bridgehead atoms. The van der Waals surface area contributed by atoms with Gasteiger partial charge in [0.15, 0.2) is 0 Å². The van der Waals surface area contributed by atoms with Crippen molar-refractivity contribution in [1.29, 1.82) is 0 Å². The zero-order valence-corrected chi connectivity index (χ0v) is 11.0. The number of nitrogens with one attached hydrogen (secondary N) is 1. The number of hydrogen-bond acceptors (Lipinski definition) is 6. The summed E-state index contributed by atoms with van der Waals surface area (Å²) in [6.45, 7) is 1.18. The van der Waals surface area contributed by atoms with Crippen LogP contribution in [0.5, 0.6) is 0 Å². The number of hydrogen-bond donors (Lipinski definition) is 4. The molecule has 0 aliphatic heterocycles. The molecule has 9 nitrogen and oxygen atoms in total. The summed E-state index contributed by atoms with van der Waals surface area (Å²) in [6, 6.07) is 3.43. The van der Waals surface area contributed by atoms with Crippen LogP contribution in [0, 0.1) is 10.1 Å². The van der Waals surface area contributed by atoms with Crippen molar-refractivity contribution >= 4 is 23.3 Å². The van der Waals surface area contributed by atoms with Crippen LogP contribution in [-0.4, -0.2) is 38.2 Å². The number of amides is 1. The molecule has 1 rings (SSSR count).